The van der Waals surface area contributed by atoms with Crippen molar-refractivity contribution in [3.8, 4) is 5.75 Å². The smallest absolute Gasteiger partial charge is 0.264 e. The second kappa shape index (κ2) is 13.7. The zero-order chi connectivity index (χ0) is 29.4. The van der Waals surface area contributed by atoms with Crippen LogP contribution in [0.1, 0.15) is 38.3 Å². The number of carbonyl (C=O) groups is 2. The van der Waals surface area contributed by atoms with Gasteiger partial charge < -0.3 is 15.0 Å². The van der Waals surface area contributed by atoms with Gasteiger partial charge in [0.1, 0.15) is 18.3 Å². The van der Waals surface area contributed by atoms with Gasteiger partial charge in [-0.15, -0.1) is 0 Å². The van der Waals surface area contributed by atoms with Crippen LogP contribution in [-0.2, 0) is 26.2 Å². The number of amides is 2. The van der Waals surface area contributed by atoms with Gasteiger partial charge in [0, 0.05) is 17.6 Å². The molecule has 0 heterocycles. The molecule has 0 saturated heterocycles. The second-order valence-corrected chi connectivity index (χ2v) is 12.1. The molecule has 0 aromatic heterocycles. The van der Waals surface area contributed by atoms with E-state index in [9.17, 15) is 18.0 Å². The first-order chi connectivity index (χ1) is 19.0. The number of sulfonamides is 1. The first-order valence-corrected chi connectivity index (χ1v) is 14.9. The summed E-state index contributed by atoms with van der Waals surface area (Å²) in [4.78, 5) is 28.7. The van der Waals surface area contributed by atoms with E-state index >= 15 is 0 Å². The number of benzene rings is 3. The van der Waals surface area contributed by atoms with Gasteiger partial charge in [-0.1, -0.05) is 54.4 Å². The molecule has 3 rings (SSSR count). The third-order valence-electron chi connectivity index (χ3n) is 6.31. The maximum absolute atomic E-state index is 14.0. The van der Waals surface area contributed by atoms with E-state index in [1.807, 2.05) is 39.8 Å². The van der Waals surface area contributed by atoms with Gasteiger partial charge in [-0.3, -0.25) is 13.9 Å². The van der Waals surface area contributed by atoms with E-state index in [1.165, 1.54) is 23.1 Å². The van der Waals surface area contributed by atoms with E-state index in [4.69, 9.17) is 16.3 Å². The Bertz CT molecular complexity index is 1410. The van der Waals surface area contributed by atoms with Crippen molar-refractivity contribution in [3.63, 3.8) is 0 Å². The van der Waals surface area contributed by atoms with Crippen molar-refractivity contribution < 1.29 is 22.7 Å². The molecule has 1 unspecified atom stereocenters. The number of aryl methyl sites for hydroxylation is 1. The Kier molecular flexibility index (Phi) is 10.6. The van der Waals surface area contributed by atoms with Crippen molar-refractivity contribution in [2.24, 2.45) is 0 Å². The van der Waals surface area contributed by atoms with Gasteiger partial charge in [0.05, 0.1) is 17.7 Å². The van der Waals surface area contributed by atoms with Gasteiger partial charge in [0.15, 0.2) is 0 Å². The Labute approximate surface area is 241 Å². The van der Waals surface area contributed by atoms with E-state index < -0.39 is 28.5 Å². The lowest BCUT2D eigenvalue weighted by Crippen LogP contribution is -2.53. The van der Waals surface area contributed by atoms with Gasteiger partial charge >= 0.3 is 0 Å². The summed E-state index contributed by atoms with van der Waals surface area (Å²) in [5.74, 6) is -0.185. The Hall–Kier alpha value is -3.56. The summed E-state index contributed by atoms with van der Waals surface area (Å²) in [7, 11) is -2.60. The third-order valence-corrected chi connectivity index (χ3v) is 8.34. The number of halogens is 1. The van der Waals surface area contributed by atoms with E-state index in [2.05, 4.69) is 5.32 Å². The normalized spacial score (nSPS) is 12.1. The highest BCUT2D eigenvalue weighted by Gasteiger charge is 2.34. The van der Waals surface area contributed by atoms with Crippen molar-refractivity contribution in [2.75, 3.05) is 18.0 Å². The van der Waals surface area contributed by atoms with Crippen LogP contribution in [0, 0.1) is 6.92 Å². The second-order valence-electron chi connectivity index (χ2n) is 9.76. The molecule has 0 spiro atoms. The van der Waals surface area contributed by atoms with Crippen LogP contribution < -0.4 is 14.4 Å². The molecule has 0 radical (unpaired) electrons. The molecule has 0 saturated carbocycles. The Morgan fingerprint density at radius 1 is 1.00 bits per heavy atom. The van der Waals surface area contributed by atoms with Crippen LogP contribution in [0.3, 0.4) is 0 Å². The fraction of sp³-hybridized carbons (Fsp3) is 0.333. The van der Waals surface area contributed by atoms with Crippen molar-refractivity contribution in [3.05, 3.63) is 88.9 Å². The molecule has 3 aromatic carbocycles. The molecule has 2 amide bonds. The predicted molar refractivity (Wildman–Crippen MR) is 158 cm³/mol. The highest BCUT2D eigenvalue weighted by molar-refractivity contribution is 7.92. The number of hydrogen-bond donors (Lipinski definition) is 1. The molecule has 40 heavy (non-hydrogen) atoms. The van der Waals surface area contributed by atoms with Crippen LogP contribution >= 0.6 is 11.6 Å². The number of ether oxygens (including phenoxy) is 1. The van der Waals surface area contributed by atoms with Crippen LogP contribution in [0.25, 0.3) is 0 Å². The monoisotopic (exact) mass is 585 g/mol. The Morgan fingerprint density at radius 3 is 2.20 bits per heavy atom. The van der Waals surface area contributed by atoms with Crippen LogP contribution in [0.5, 0.6) is 5.75 Å². The molecular weight excluding hydrogens is 550 g/mol. The maximum Gasteiger partial charge on any atom is 0.264 e. The zero-order valence-electron chi connectivity index (χ0n) is 23.4. The molecule has 8 nitrogen and oxygen atoms in total. The molecule has 1 N–H and O–H groups in total. The predicted octanol–water partition coefficient (Wildman–Crippen LogP) is 5.18. The van der Waals surface area contributed by atoms with Gasteiger partial charge in [-0.2, -0.15) is 0 Å². The maximum atomic E-state index is 14.0. The largest absolute Gasteiger partial charge is 0.497 e. The third kappa shape index (κ3) is 7.76. The average Bonchev–Trinajstić information content (AvgIpc) is 2.91. The topological polar surface area (TPSA) is 96.0 Å². The van der Waals surface area contributed by atoms with Crippen molar-refractivity contribution in [2.45, 2.75) is 57.6 Å². The quantitative estimate of drug-likeness (QED) is 0.316. The van der Waals surface area contributed by atoms with E-state index in [-0.39, 0.29) is 29.1 Å². The highest BCUT2D eigenvalue weighted by atomic mass is 35.5. The molecule has 10 heteroatoms. The Morgan fingerprint density at radius 2 is 1.65 bits per heavy atom. The first kappa shape index (κ1) is 31.0. The number of nitrogens with one attached hydrogen (secondary N) is 1. The number of rotatable bonds is 12. The Balaban J connectivity index is 2.06. The van der Waals surface area contributed by atoms with Gasteiger partial charge in [0.25, 0.3) is 10.0 Å². The summed E-state index contributed by atoms with van der Waals surface area (Å²) in [6.07, 6.45) is 0.336. The summed E-state index contributed by atoms with van der Waals surface area (Å²) in [6.45, 7) is 6.93. The fourth-order valence-corrected chi connectivity index (χ4v) is 5.82. The van der Waals surface area contributed by atoms with Crippen LogP contribution in [0.15, 0.2) is 77.7 Å². The molecule has 0 aliphatic rings. The number of methoxy groups -OCH3 is 1. The zero-order valence-corrected chi connectivity index (χ0v) is 25.0. The van der Waals surface area contributed by atoms with Crippen LogP contribution in [0.4, 0.5) is 5.69 Å². The van der Waals surface area contributed by atoms with Gasteiger partial charge in [0.2, 0.25) is 11.8 Å². The summed E-state index contributed by atoms with van der Waals surface area (Å²) < 4.78 is 34.0. The molecule has 0 fully saturated rings. The molecular formula is C30H36ClN3O5S. The van der Waals surface area contributed by atoms with E-state index in [0.717, 1.165) is 15.4 Å². The van der Waals surface area contributed by atoms with Crippen molar-refractivity contribution in [1.29, 1.82) is 0 Å². The molecule has 0 aliphatic heterocycles. The van der Waals surface area contributed by atoms with E-state index in [1.54, 1.807) is 49.6 Å². The van der Waals surface area contributed by atoms with Crippen molar-refractivity contribution >= 4 is 39.1 Å². The average molecular weight is 586 g/mol. The SMILES string of the molecule is CCC(C(=O)NC(C)C)N(Cc1ccc(OC)cc1)C(=O)CN(c1cccc(Cl)c1)S(=O)(=O)c1ccc(C)cc1. The molecule has 0 aliphatic carbocycles. The minimum atomic E-state index is -4.16. The summed E-state index contributed by atoms with van der Waals surface area (Å²) in [5.41, 5.74) is 1.91. The molecule has 3 aromatic rings. The molecule has 0 bridgehead atoms. The molecule has 1 atom stereocenters. The summed E-state index contributed by atoms with van der Waals surface area (Å²) in [6, 6.07) is 19.0. The standard InChI is InChI=1S/C30H36ClN3O5S/c1-6-28(30(36)32-21(2)3)33(19-23-12-14-26(39-5)15-13-23)29(35)20-34(25-9-7-8-24(31)18-25)40(37,38)27-16-10-22(4)11-17-27/h7-18,21,28H,6,19-20H2,1-5H3,(H,32,36). The van der Waals surface area contributed by atoms with Gasteiger partial charge in [-0.05, 0) is 75.2 Å². The van der Waals surface area contributed by atoms with Crippen LogP contribution in [0.2, 0.25) is 5.02 Å². The number of hydrogen-bond acceptors (Lipinski definition) is 5. The lowest BCUT2D eigenvalue weighted by atomic mass is 10.1. The van der Waals surface area contributed by atoms with Crippen LogP contribution in [-0.4, -0.2) is 50.9 Å². The lowest BCUT2D eigenvalue weighted by molar-refractivity contribution is -0.140. The first-order valence-electron chi connectivity index (χ1n) is 13.0. The number of carbonyl (C=O) groups excluding carboxylic acids is 2. The highest BCUT2D eigenvalue weighted by Crippen LogP contribution is 2.27. The minimum Gasteiger partial charge on any atom is -0.497 e. The summed E-state index contributed by atoms with van der Waals surface area (Å²) >= 11 is 6.22. The van der Waals surface area contributed by atoms with Gasteiger partial charge in [-0.25, -0.2) is 8.42 Å². The summed E-state index contributed by atoms with van der Waals surface area (Å²) in [5, 5.41) is 3.21. The fourth-order valence-electron chi connectivity index (χ4n) is 4.23. The van der Waals surface area contributed by atoms with Crippen molar-refractivity contribution in [1.82, 2.24) is 10.2 Å². The lowest BCUT2D eigenvalue weighted by Gasteiger charge is -2.33. The molecule has 214 valence electrons. The number of anilines is 1. The number of nitrogens with zero attached hydrogens (tertiary/aromatic N) is 2. The van der Waals surface area contributed by atoms with E-state index in [0.29, 0.717) is 17.2 Å². The minimum absolute atomic E-state index is 0.0390.